The molecule has 0 radical (unpaired) electrons. The van der Waals surface area contributed by atoms with Gasteiger partial charge in [0.05, 0.1) is 19.1 Å². The van der Waals surface area contributed by atoms with Crippen LogP contribution in [0.3, 0.4) is 0 Å². The third kappa shape index (κ3) is 5.52. The van der Waals surface area contributed by atoms with E-state index in [4.69, 9.17) is 9.47 Å². The molecule has 0 aliphatic rings. The molecule has 106 valence electrons. The number of carbonyl (C=O) groups excluding carboxylic acids is 2. The van der Waals surface area contributed by atoms with Gasteiger partial charge in [-0.25, -0.2) is 0 Å². The van der Waals surface area contributed by atoms with E-state index in [1.165, 1.54) is 0 Å². The van der Waals surface area contributed by atoms with Crippen LogP contribution in [0.2, 0.25) is 0 Å². The molecule has 0 aromatic carbocycles. The van der Waals surface area contributed by atoms with Gasteiger partial charge in [0.2, 0.25) is 0 Å². The highest BCUT2D eigenvalue weighted by Gasteiger charge is 2.36. The fourth-order valence-electron chi connectivity index (χ4n) is 2.07. The zero-order chi connectivity index (χ0) is 14.3. The van der Waals surface area contributed by atoms with E-state index in [1.54, 1.807) is 13.8 Å². The lowest BCUT2D eigenvalue weighted by molar-refractivity contribution is -0.153. The number of hydrogen-bond acceptors (Lipinski definition) is 4. The lowest BCUT2D eigenvalue weighted by atomic mass is 9.72. The summed E-state index contributed by atoms with van der Waals surface area (Å²) in [5.74, 6) is -0.903. The van der Waals surface area contributed by atoms with Crippen LogP contribution in [0.1, 0.15) is 48.0 Å². The van der Waals surface area contributed by atoms with Crippen LogP contribution in [0, 0.1) is 17.3 Å². The normalized spacial score (nSPS) is 14.8. The van der Waals surface area contributed by atoms with Crippen molar-refractivity contribution in [3.05, 3.63) is 0 Å². The lowest BCUT2D eigenvalue weighted by Crippen LogP contribution is -2.34. The first-order valence-corrected chi connectivity index (χ1v) is 6.56. The Morgan fingerprint density at radius 3 is 1.94 bits per heavy atom. The molecule has 0 saturated carbocycles. The van der Waals surface area contributed by atoms with Crippen molar-refractivity contribution in [2.45, 2.75) is 48.0 Å². The van der Waals surface area contributed by atoms with Crippen LogP contribution in [-0.4, -0.2) is 25.2 Å². The first kappa shape index (κ1) is 16.9. The number of esters is 2. The fraction of sp³-hybridized carbons (Fsp3) is 0.857. The van der Waals surface area contributed by atoms with Gasteiger partial charge in [0.15, 0.2) is 0 Å². The summed E-state index contributed by atoms with van der Waals surface area (Å²) in [5, 5.41) is 0. The molecule has 2 unspecified atom stereocenters. The highest BCUT2D eigenvalue weighted by Crippen LogP contribution is 2.35. The molecule has 0 amide bonds. The van der Waals surface area contributed by atoms with E-state index >= 15 is 0 Å². The van der Waals surface area contributed by atoms with Crippen LogP contribution in [0.5, 0.6) is 0 Å². The maximum absolute atomic E-state index is 11.8. The van der Waals surface area contributed by atoms with Crippen LogP contribution < -0.4 is 0 Å². The second kappa shape index (κ2) is 7.39. The summed E-state index contributed by atoms with van der Waals surface area (Å²) >= 11 is 0. The molecular formula is C14H26O4. The first-order valence-electron chi connectivity index (χ1n) is 6.56. The SMILES string of the molecule is CCOC(=O)CC(C(C)C(=O)OCC)C(C)(C)C. The van der Waals surface area contributed by atoms with E-state index in [2.05, 4.69) is 0 Å². The van der Waals surface area contributed by atoms with E-state index in [-0.39, 0.29) is 35.6 Å². The second-order valence-corrected chi connectivity index (χ2v) is 5.52. The second-order valence-electron chi connectivity index (χ2n) is 5.52. The standard InChI is InChI=1S/C14H26O4/c1-7-17-12(15)9-11(14(4,5)6)10(3)13(16)18-8-2/h10-11H,7-9H2,1-6H3. The van der Waals surface area contributed by atoms with E-state index in [9.17, 15) is 9.59 Å². The largest absolute Gasteiger partial charge is 0.466 e. The molecule has 18 heavy (non-hydrogen) atoms. The topological polar surface area (TPSA) is 52.6 Å². The molecule has 0 saturated heterocycles. The summed E-state index contributed by atoms with van der Waals surface area (Å²) in [4.78, 5) is 23.4. The van der Waals surface area contributed by atoms with Crippen molar-refractivity contribution < 1.29 is 19.1 Å². The molecule has 2 atom stereocenters. The Kier molecular flexibility index (Phi) is 6.96. The smallest absolute Gasteiger partial charge is 0.308 e. The summed E-state index contributed by atoms with van der Waals surface area (Å²) in [6.45, 7) is 12.2. The van der Waals surface area contributed by atoms with Gasteiger partial charge in [-0.2, -0.15) is 0 Å². The maximum Gasteiger partial charge on any atom is 0.308 e. The monoisotopic (exact) mass is 258 g/mol. The van der Waals surface area contributed by atoms with Crippen molar-refractivity contribution >= 4 is 11.9 Å². The van der Waals surface area contributed by atoms with E-state index in [0.29, 0.717) is 13.2 Å². The van der Waals surface area contributed by atoms with E-state index in [1.807, 2.05) is 27.7 Å². The Bertz CT molecular complexity index is 278. The predicted molar refractivity (Wildman–Crippen MR) is 70.0 cm³/mol. The van der Waals surface area contributed by atoms with Crippen molar-refractivity contribution in [1.82, 2.24) is 0 Å². The Morgan fingerprint density at radius 1 is 1.06 bits per heavy atom. The Morgan fingerprint density at radius 2 is 1.56 bits per heavy atom. The summed E-state index contributed by atoms with van der Waals surface area (Å²) in [7, 11) is 0. The Balaban J connectivity index is 4.79. The summed E-state index contributed by atoms with van der Waals surface area (Å²) in [6.07, 6.45) is 0.247. The van der Waals surface area contributed by atoms with Crippen molar-refractivity contribution in [2.75, 3.05) is 13.2 Å². The van der Waals surface area contributed by atoms with Gasteiger partial charge in [-0.05, 0) is 25.2 Å². The van der Waals surface area contributed by atoms with Gasteiger partial charge in [-0.3, -0.25) is 9.59 Å². The predicted octanol–water partition coefficient (Wildman–Crippen LogP) is 2.80. The molecule has 4 heteroatoms. The molecule has 0 heterocycles. The van der Waals surface area contributed by atoms with Crippen LogP contribution in [-0.2, 0) is 19.1 Å². The van der Waals surface area contributed by atoms with Gasteiger partial charge in [-0.15, -0.1) is 0 Å². The van der Waals surface area contributed by atoms with Gasteiger partial charge in [-0.1, -0.05) is 27.7 Å². The lowest BCUT2D eigenvalue weighted by Gasteiger charge is -2.33. The van der Waals surface area contributed by atoms with Gasteiger partial charge in [0.1, 0.15) is 0 Å². The van der Waals surface area contributed by atoms with Gasteiger partial charge < -0.3 is 9.47 Å². The molecule has 0 aromatic heterocycles. The highest BCUT2D eigenvalue weighted by molar-refractivity contribution is 5.75. The molecule has 0 aromatic rings. The van der Waals surface area contributed by atoms with Crippen LogP contribution in [0.25, 0.3) is 0 Å². The minimum absolute atomic E-state index is 0.0874. The average molecular weight is 258 g/mol. The fourth-order valence-corrected chi connectivity index (χ4v) is 2.07. The minimum atomic E-state index is -0.311. The third-order valence-electron chi connectivity index (χ3n) is 3.07. The van der Waals surface area contributed by atoms with Gasteiger partial charge >= 0.3 is 11.9 Å². The summed E-state index contributed by atoms with van der Waals surface area (Å²) < 4.78 is 10.00. The zero-order valence-corrected chi connectivity index (χ0v) is 12.4. The van der Waals surface area contributed by atoms with Crippen LogP contribution >= 0.6 is 0 Å². The minimum Gasteiger partial charge on any atom is -0.466 e. The molecule has 0 N–H and O–H groups in total. The molecule has 0 rings (SSSR count). The van der Waals surface area contributed by atoms with Crippen molar-refractivity contribution in [3.63, 3.8) is 0 Å². The number of hydrogen-bond donors (Lipinski definition) is 0. The zero-order valence-electron chi connectivity index (χ0n) is 12.4. The molecule has 0 spiro atoms. The number of ether oxygens (including phenoxy) is 2. The molecule has 0 aliphatic heterocycles. The molecular weight excluding hydrogens is 232 g/mol. The molecule has 0 bridgehead atoms. The molecule has 0 aliphatic carbocycles. The van der Waals surface area contributed by atoms with Crippen molar-refractivity contribution in [1.29, 1.82) is 0 Å². The number of rotatable bonds is 6. The van der Waals surface area contributed by atoms with Gasteiger partial charge in [0, 0.05) is 6.42 Å². The Hall–Kier alpha value is -1.06. The van der Waals surface area contributed by atoms with E-state index in [0.717, 1.165) is 0 Å². The highest BCUT2D eigenvalue weighted by atomic mass is 16.5. The first-order chi connectivity index (χ1) is 8.23. The van der Waals surface area contributed by atoms with Gasteiger partial charge in [0.25, 0.3) is 0 Å². The van der Waals surface area contributed by atoms with E-state index < -0.39 is 0 Å². The maximum atomic E-state index is 11.8. The van der Waals surface area contributed by atoms with Crippen molar-refractivity contribution in [3.8, 4) is 0 Å². The number of carbonyl (C=O) groups is 2. The van der Waals surface area contributed by atoms with Crippen molar-refractivity contribution in [2.24, 2.45) is 17.3 Å². The third-order valence-corrected chi connectivity index (χ3v) is 3.07. The average Bonchev–Trinajstić information content (AvgIpc) is 2.24. The molecule has 0 fully saturated rings. The quantitative estimate of drug-likeness (QED) is 0.687. The van der Waals surface area contributed by atoms with Crippen LogP contribution in [0.4, 0.5) is 0 Å². The summed E-state index contributed by atoms with van der Waals surface area (Å²) in [5.41, 5.74) is -0.154. The van der Waals surface area contributed by atoms with Crippen LogP contribution in [0.15, 0.2) is 0 Å². The summed E-state index contributed by atoms with van der Waals surface area (Å²) in [6, 6.07) is 0. The Labute approximate surface area is 110 Å². The molecule has 4 nitrogen and oxygen atoms in total.